The van der Waals surface area contributed by atoms with Crippen LogP contribution in [0.3, 0.4) is 0 Å². The van der Waals surface area contributed by atoms with Crippen molar-refractivity contribution in [1.29, 1.82) is 0 Å². The van der Waals surface area contributed by atoms with Crippen LogP contribution in [0.1, 0.15) is 41.6 Å². The predicted octanol–water partition coefficient (Wildman–Crippen LogP) is 14.2. The fourth-order valence-corrected chi connectivity index (χ4v) is 6.60. The summed E-state index contributed by atoms with van der Waals surface area (Å²) in [6.07, 6.45) is 10.2. The third-order valence-electron chi connectivity index (χ3n) is 10.3. The molecule has 0 fully saturated rings. The maximum Gasteiger partial charge on any atom is 0.0719 e. The van der Waals surface area contributed by atoms with E-state index in [4.69, 9.17) is 8.22 Å². The van der Waals surface area contributed by atoms with Gasteiger partial charge in [-0.2, -0.15) is 0 Å². The monoisotopic (exact) mass is 1250 g/mol. The van der Waals surface area contributed by atoms with Crippen LogP contribution in [0.5, 0.6) is 0 Å². The van der Waals surface area contributed by atoms with Crippen LogP contribution >= 0.6 is 0 Å². The fourth-order valence-electron chi connectivity index (χ4n) is 6.60. The minimum absolute atomic E-state index is 0. The van der Waals surface area contributed by atoms with Gasteiger partial charge in [-0.05, 0) is 111 Å². The van der Waals surface area contributed by atoms with E-state index in [0.717, 1.165) is 78.7 Å². The third kappa shape index (κ3) is 14.5. The number of pyridine rings is 6. The molecule has 6 aromatic heterocycles. The Morgan fingerprint density at radius 3 is 0.882 bits per heavy atom. The first-order chi connectivity index (χ1) is 34.7. The van der Waals surface area contributed by atoms with E-state index >= 15 is 0 Å². The first kappa shape index (κ1) is 43.6. The zero-order valence-electron chi connectivity index (χ0n) is 43.8. The summed E-state index contributed by atoms with van der Waals surface area (Å²) in [5, 5.41) is 0. The molecule has 0 saturated heterocycles. The molecule has 0 N–H and O–H groups in total. The quantitative estimate of drug-likeness (QED) is 0.154. The Morgan fingerprint density at radius 1 is 0.324 bits per heavy atom. The summed E-state index contributed by atoms with van der Waals surface area (Å²) in [6, 6.07) is 62.8. The number of benzene rings is 4. The van der Waals surface area contributed by atoms with Gasteiger partial charge in [0.1, 0.15) is 0 Å². The van der Waals surface area contributed by atoms with Crippen LogP contribution in [0, 0.1) is 65.7 Å². The molecule has 0 bridgehead atoms. The standard InChI is InChI=1S/2C17H13N2.2C13H12N.2Ir/c2*1-13-11-17(14-7-3-2-4-8-14)19-12-15(13)16-9-5-6-10-18-16;2*1-10-8-13(14-9-11(10)2)12-6-4-3-5-7-12;;/h2*2-7,9-12H,1H3;2*3-6,8-9H,1-2H3;;/q4*-1;;/i;;2*2D3;;. The molecule has 10 rings (SSSR count). The molecule has 0 spiro atoms. The third-order valence-corrected chi connectivity index (χ3v) is 10.3. The zero-order chi connectivity index (χ0) is 51.1. The molecule has 8 heteroatoms. The molecular formula is C60H50Ir2N6-4. The van der Waals surface area contributed by atoms with Crippen molar-refractivity contribution in [3.8, 4) is 67.5 Å². The van der Waals surface area contributed by atoms with Gasteiger partial charge in [0.25, 0.3) is 0 Å². The second kappa shape index (κ2) is 26.4. The molecular weight excluding hydrogens is 1190 g/mol. The number of hydrogen-bond acceptors (Lipinski definition) is 6. The van der Waals surface area contributed by atoms with Gasteiger partial charge in [0.15, 0.2) is 0 Å². The molecule has 4 aromatic carbocycles. The van der Waals surface area contributed by atoms with Crippen molar-refractivity contribution in [2.75, 3.05) is 0 Å². The number of nitrogens with zero attached hydrogens (tertiary/aromatic N) is 6. The van der Waals surface area contributed by atoms with Crippen molar-refractivity contribution in [3.63, 3.8) is 0 Å². The van der Waals surface area contributed by atoms with Gasteiger partial charge in [-0.1, -0.05) is 47.5 Å². The Hall–Kier alpha value is -6.92. The van der Waals surface area contributed by atoms with Gasteiger partial charge in [0.05, 0.1) is 11.4 Å². The van der Waals surface area contributed by atoms with E-state index in [-0.39, 0.29) is 40.2 Å². The van der Waals surface area contributed by atoms with Crippen molar-refractivity contribution in [2.45, 2.75) is 41.4 Å². The molecule has 0 aliphatic carbocycles. The van der Waals surface area contributed by atoms with Crippen molar-refractivity contribution in [2.24, 2.45) is 0 Å². The van der Waals surface area contributed by atoms with Gasteiger partial charge in [0.2, 0.25) is 0 Å². The van der Waals surface area contributed by atoms with Crippen molar-refractivity contribution < 1.29 is 48.4 Å². The van der Waals surface area contributed by atoms with Crippen molar-refractivity contribution in [3.05, 3.63) is 253 Å². The average Bonchev–Trinajstić information content (AvgIpc) is 3.40. The summed E-state index contributed by atoms with van der Waals surface area (Å²) < 4.78 is 44.2. The molecule has 0 amide bonds. The predicted molar refractivity (Wildman–Crippen MR) is 269 cm³/mol. The summed E-state index contributed by atoms with van der Waals surface area (Å²) in [7, 11) is 0. The van der Waals surface area contributed by atoms with E-state index in [0.29, 0.717) is 11.1 Å². The molecule has 10 aromatic rings. The van der Waals surface area contributed by atoms with Crippen LogP contribution in [-0.4, -0.2) is 29.9 Å². The molecule has 2 radical (unpaired) electrons. The molecule has 6 nitrogen and oxygen atoms in total. The molecule has 68 heavy (non-hydrogen) atoms. The van der Waals surface area contributed by atoms with Crippen LogP contribution in [0.25, 0.3) is 67.5 Å². The largest absolute Gasteiger partial charge is 0.304 e. The first-order valence-electron chi connectivity index (χ1n) is 24.2. The van der Waals surface area contributed by atoms with Crippen LogP contribution in [-0.2, 0) is 40.2 Å². The molecule has 0 atom stereocenters. The van der Waals surface area contributed by atoms with Crippen LogP contribution < -0.4 is 0 Å². The maximum absolute atomic E-state index is 7.37. The number of aromatic nitrogens is 6. The fraction of sp³-hybridized carbons (Fsp3) is 0.100. The number of hydrogen-bond donors (Lipinski definition) is 0. The Morgan fingerprint density at radius 2 is 0.632 bits per heavy atom. The van der Waals surface area contributed by atoms with Gasteiger partial charge >= 0.3 is 0 Å². The molecule has 6 heterocycles. The minimum atomic E-state index is -2.10. The number of aryl methyl sites for hydroxylation is 6. The minimum Gasteiger partial charge on any atom is -0.304 e. The summed E-state index contributed by atoms with van der Waals surface area (Å²) >= 11 is 0. The maximum atomic E-state index is 7.37. The van der Waals surface area contributed by atoms with Gasteiger partial charge in [0, 0.05) is 96.7 Å². The molecule has 342 valence electrons. The number of rotatable bonds is 6. The second-order valence-electron chi connectivity index (χ2n) is 15.1. The van der Waals surface area contributed by atoms with Gasteiger partial charge < -0.3 is 19.9 Å². The second-order valence-corrected chi connectivity index (χ2v) is 15.1. The molecule has 0 unspecified atom stereocenters. The summed E-state index contributed by atoms with van der Waals surface area (Å²) in [4.78, 5) is 26.1. The Kier molecular flexibility index (Phi) is 17.0. The van der Waals surface area contributed by atoms with Crippen LogP contribution in [0.2, 0.25) is 0 Å². The Balaban J connectivity index is 0.000000181. The summed E-state index contributed by atoms with van der Waals surface area (Å²) in [5.41, 5.74) is 15.6. The first-order valence-corrected chi connectivity index (χ1v) is 21.2. The van der Waals surface area contributed by atoms with Gasteiger partial charge in [-0.15, -0.1) is 144 Å². The molecule has 0 saturated carbocycles. The smallest absolute Gasteiger partial charge is 0.0719 e. The van der Waals surface area contributed by atoms with Gasteiger partial charge in [-0.3, -0.25) is 9.97 Å². The van der Waals surface area contributed by atoms with E-state index < -0.39 is 13.7 Å². The van der Waals surface area contributed by atoms with Gasteiger partial charge in [-0.25, -0.2) is 0 Å². The van der Waals surface area contributed by atoms with Crippen LogP contribution in [0.15, 0.2) is 195 Å². The average molecular weight is 1250 g/mol. The van der Waals surface area contributed by atoms with Crippen molar-refractivity contribution >= 4 is 0 Å². The normalized spacial score (nSPS) is 11.6. The van der Waals surface area contributed by atoms with Crippen molar-refractivity contribution in [1.82, 2.24) is 29.9 Å². The van der Waals surface area contributed by atoms with E-state index in [1.807, 2.05) is 146 Å². The van der Waals surface area contributed by atoms with E-state index in [2.05, 4.69) is 80.1 Å². The Bertz CT molecular complexity index is 3070. The Labute approximate surface area is 437 Å². The zero-order valence-corrected chi connectivity index (χ0v) is 42.6. The summed E-state index contributed by atoms with van der Waals surface area (Å²) in [5.74, 6) is 0. The SMILES string of the molecule is Cc1cc(-c2[c-]cccc2)ncc1-c1ccccn1.Cc1cc(-c2[c-]cccc2)ncc1-c1ccccn1.[2H]C([2H])([2H])c1cnc(-c2[c-]cccc2)cc1C.[2H]C([2H])([2H])c1cnc(-c2[c-]cccc2)cc1C.[Ir].[Ir]. The topological polar surface area (TPSA) is 77.3 Å². The van der Waals surface area contributed by atoms with Crippen LogP contribution in [0.4, 0.5) is 0 Å². The van der Waals surface area contributed by atoms with E-state index in [1.54, 1.807) is 38.4 Å². The molecule has 0 aliphatic rings. The van der Waals surface area contributed by atoms with E-state index in [9.17, 15) is 0 Å². The summed E-state index contributed by atoms with van der Waals surface area (Å²) in [6.45, 7) is 3.54. The molecule has 0 aliphatic heterocycles. The van der Waals surface area contributed by atoms with E-state index in [1.165, 1.54) is 23.5 Å².